The summed E-state index contributed by atoms with van der Waals surface area (Å²) < 4.78 is 0. The van der Waals surface area contributed by atoms with Gasteiger partial charge in [0.05, 0.1) is 12.1 Å². The molecule has 0 aromatic heterocycles. The lowest BCUT2D eigenvalue weighted by Gasteiger charge is -2.39. The van der Waals surface area contributed by atoms with Crippen molar-refractivity contribution in [2.45, 2.75) is 63.1 Å². The second-order valence-electron chi connectivity index (χ2n) is 7.00. The van der Waals surface area contributed by atoms with Crippen molar-refractivity contribution in [3.05, 3.63) is 0 Å². The molecule has 3 fully saturated rings. The number of likely N-dealkylation sites (N-methyl/N-ethyl adjacent to an activating group) is 1. The lowest BCUT2D eigenvalue weighted by atomic mass is 9.92. The third-order valence-electron chi connectivity index (χ3n) is 5.24. The van der Waals surface area contributed by atoms with Crippen molar-refractivity contribution in [2.24, 2.45) is 11.8 Å². The lowest BCUT2D eigenvalue weighted by molar-refractivity contribution is 0.0808. The van der Waals surface area contributed by atoms with Crippen LogP contribution in [0.3, 0.4) is 0 Å². The Morgan fingerprint density at radius 3 is 2.33 bits per heavy atom. The Kier molecular flexibility index (Phi) is 3.41. The van der Waals surface area contributed by atoms with E-state index in [4.69, 9.17) is 0 Å². The van der Waals surface area contributed by atoms with Crippen LogP contribution in [-0.4, -0.2) is 47.8 Å². The van der Waals surface area contributed by atoms with Crippen LogP contribution in [0.5, 0.6) is 0 Å². The van der Waals surface area contributed by atoms with Crippen LogP contribution in [0.25, 0.3) is 0 Å². The molecule has 3 rings (SSSR count). The highest BCUT2D eigenvalue weighted by molar-refractivity contribution is 5.06. The van der Waals surface area contributed by atoms with Crippen molar-refractivity contribution in [3.8, 4) is 0 Å². The summed E-state index contributed by atoms with van der Waals surface area (Å²) in [7, 11) is 2.24. The summed E-state index contributed by atoms with van der Waals surface area (Å²) in [4.78, 5) is 2.49. The molecule has 18 heavy (non-hydrogen) atoms. The van der Waals surface area contributed by atoms with Gasteiger partial charge in [-0.1, -0.05) is 0 Å². The topological polar surface area (TPSA) is 35.5 Å². The molecule has 0 aromatic rings. The normalized spacial score (nSPS) is 29.3. The number of hydrogen-bond donors (Lipinski definition) is 2. The SMILES string of the molecule is CC(C1CC1)N(C)CC(CO)(NC1CC1)C1CC1. The molecule has 0 saturated heterocycles. The first-order chi connectivity index (χ1) is 8.64. The molecule has 2 N–H and O–H groups in total. The van der Waals surface area contributed by atoms with Gasteiger partial charge < -0.3 is 15.3 Å². The van der Waals surface area contributed by atoms with Crippen LogP contribution in [0.4, 0.5) is 0 Å². The fourth-order valence-electron chi connectivity index (χ4n) is 3.32. The van der Waals surface area contributed by atoms with Crippen molar-refractivity contribution >= 4 is 0 Å². The first-order valence-corrected chi connectivity index (χ1v) is 7.73. The average molecular weight is 252 g/mol. The van der Waals surface area contributed by atoms with E-state index in [9.17, 15) is 5.11 Å². The number of aliphatic hydroxyl groups excluding tert-OH is 1. The number of rotatable bonds is 8. The smallest absolute Gasteiger partial charge is 0.0628 e. The monoisotopic (exact) mass is 252 g/mol. The highest BCUT2D eigenvalue weighted by Gasteiger charge is 2.48. The lowest BCUT2D eigenvalue weighted by Crippen LogP contribution is -2.59. The van der Waals surface area contributed by atoms with Gasteiger partial charge in [-0.05, 0) is 64.3 Å². The summed E-state index contributed by atoms with van der Waals surface area (Å²) >= 11 is 0. The molecule has 3 saturated carbocycles. The fraction of sp³-hybridized carbons (Fsp3) is 1.00. The summed E-state index contributed by atoms with van der Waals surface area (Å²) in [5.74, 6) is 1.61. The molecule has 0 spiro atoms. The van der Waals surface area contributed by atoms with E-state index in [1.54, 1.807) is 0 Å². The molecule has 0 aromatic carbocycles. The van der Waals surface area contributed by atoms with Gasteiger partial charge in [0.1, 0.15) is 0 Å². The van der Waals surface area contributed by atoms with E-state index in [0.29, 0.717) is 24.6 Å². The van der Waals surface area contributed by atoms with Gasteiger partial charge in [0.15, 0.2) is 0 Å². The van der Waals surface area contributed by atoms with Crippen LogP contribution >= 0.6 is 0 Å². The molecular formula is C15H28N2O. The van der Waals surface area contributed by atoms with E-state index in [-0.39, 0.29) is 5.54 Å². The molecule has 0 radical (unpaired) electrons. The maximum Gasteiger partial charge on any atom is 0.0628 e. The third kappa shape index (κ3) is 2.73. The number of nitrogens with zero attached hydrogens (tertiary/aromatic N) is 1. The first-order valence-electron chi connectivity index (χ1n) is 7.73. The molecule has 104 valence electrons. The van der Waals surface area contributed by atoms with E-state index < -0.39 is 0 Å². The van der Waals surface area contributed by atoms with Gasteiger partial charge in [-0.2, -0.15) is 0 Å². The highest BCUT2D eigenvalue weighted by Crippen LogP contribution is 2.43. The second kappa shape index (κ2) is 4.77. The molecule has 0 aliphatic heterocycles. The van der Waals surface area contributed by atoms with Crippen LogP contribution in [0.15, 0.2) is 0 Å². The van der Waals surface area contributed by atoms with Crippen molar-refractivity contribution in [2.75, 3.05) is 20.2 Å². The Bertz CT molecular complexity index is 297. The molecule has 3 aliphatic rings. The van der Waals surface area contributed by atoms with Gasteiger partial charge in [0.2, 0.25) is 0 Å². The summed E-state index contributed by atoms with van der Waals surface area (Å²) in [5, 5.41) is 13.7. The molecule has 2 unspecified atom stereocenters. The second-order valence-corrected chi connectivity index (χ2v) is 7.00. The number of nitrogens with one attached hydrogen (secondary N) is 1. The zero-order valence-electron chi connectivity index (χ0n) is 11.9. The zero-order chi connectivity index (χ0) is 12.8. The molecule has 0 amide bonds. The minimum atomic E-state index is -0.0148. The quantitative estimate of drug-likeness (QED) is 0.689. The Hall–Kier alpha value is -0.120. The van der Waals surface area contributed by atoms with Crippen LogP contribution in [0.2, 0.25) is 0 Å². The average Bonchev–Trinajstić information content (AvgIpc) is 3.17. The van der Waals surface area contributed by atoms with E-state index in [0.717, 1.165) is 12.5 Å². The van der Waals surface area contributed by atoms with Crippen LogP contribution in [0, 0.1) is 11.8 Å². The van der Waals surface area contributed by atoms with E-state index >= 15 is 0 Å². The molecule has 0 bridgehead atoms. The Morgan fingerprint density at radius 1 is 1.22 bits per heavy atom. The zero-order valence-corrected chi connectivity index (χ0v) is 11.9. The molecule has 3 nitrogen and oxygen atoms in total. The molecule has 3 heteroatoms. The minimum Gasteiger partial charge on any atom is -0.394 e. The number of aliphatic hydroxyl groups is 1. The van der Waals surface area contributed by atoms with E-state index in [1.165, 1.54) is 38.5 Å². The Morgan fingerprint density at radius 2 is 1.89 bits per heavy atom. The van der Waals surface area contributed by atoms with Crippen molar-refractivity contribution < 1.29 is 5.11 Å². The largest absolute Gasteiger partial charge is 0.394 e. The van der Waals surface area contributed by atoms with Gasteiger partial charge in [0, 0.05) is 18.6 Å². The highest BCUT2D eigenvalue weighted by atomic mass is 16.3. The van der Waals surface area contributed by atoms with E-state index in [2.05, 4.69) is 24.2 Å². The molecule has 3 aliphatic carbocycles. The molecular weight excluding hydrogens is 224 g/mol. The Balaban J connectivity index is 1.63. The summed E-state index contributed by atoms with van der Waals surface area (Å²) in [5.41, 5.74) is -0.0148. The Labute approximate surface area is 111 Å². The van der Waals surface area contributed by atoms with Crippen LogP contribution in [-0.2, 0) is 0 Å². The summed E-state index contributed by atoms with van der Waals surface area (Å²) in [6.45, 7) is 3.67. The van der Waals surface area contributed by atoms with Crippen LogP contribution < -0.4 is 5.32 Å². The minimum absolute atomic E-state index is 0.0148. The predicted octanol–water partition coefficient (Wildman–Crippen LogP) is 1.61. The van der Waals surface area contributed by atoms with E-state index in [1.807, 2.05) is 0 Å². The standard InChI is InChI=1S/C15H28N2O/c1-11(12-3-4-12)17(2)9-15(10-18,13-5-6-13)16-14-7-8-14/h11-14,16,18H,3-10H2,1-2H3. The van der Waals surface area contributed by atoms with Gasteiger partial charge in [-0.3, -0.25) is 0 Å². The first kappa shape index (κ1) is 12.9. The maximum atomic E-state index is 9.96. The summed E-state index contributed by atoms with van der Waals surface area (Å²) in [6, 6.07) is 1.36. The van der Waals surface area contributed by atoms with Gasteiger partial charge in [0.25, 0.3) is 0 Å². The van der Waals surface area contributed by atoms with Gasteiger partial charge in [-0.25, -0.2) is 0 Å². The fourth-order valence-corrected chi connectivity index (χ4v) is 3.32. The van der Waals surface area contributed by atoms with Crippen LogP contribution in [0.1, 0.15) is 45.4 Å². The molecule has 0 heterocycles. The maximum absolute atomic E-state index is 9.96. The van der Waals surface area contributed by atoms with Crippen molar-refractivity contribution in [1.82, 2.24) is 10.2 Å². The third-order valence-corrected chi connectivity index (χ3v) is 5.24. The van der Waals surface area contributed by atoms with Gasteiger partial charge in [-0.15, -0.1) is 0 Å². The summed E-state index contributed by atoms with van der Waals surface area (Å²) in [6.07, 6.45) is 8.00. The molecule has 2 atom stereocenters. The van der Waals surface area contributed by atoms with Crippen molar-refractivity contribution in [3.63, 3.8) is 0 Å². The van der Waals surface area contributed by atoms with Crippen molar-refractivity contribution in [1.29, 1.82) is 0 Å². The number of hydrogen-bond acceptors (Lipinski definition) is 3. The predicted molar refractivity (Wildman–Crippen MR) is 73.5 cm³/mol. The van der Waals surface area contributed by atoms with Gasteiger partial charge >= 0.3 is 0 Å².